The Morgan fingerprint density at radius 2 is 1.65 bits per heavy atom. The van der Waals surface area contributed by atoms with Crippen LogP contribution >= 0.6 is 11.6 Å². The summed E-state index contributed by atoms with van der Waals surface area (Å²) < 4.78 is 0. The molecule has 2 nitrogen and oxygen atoms in total. The molecule has 0 unspecified atom stereocenters. The Labute approximate surface area is 121 Å². The molecule has 0 bridgehead atoms. The summed E-state index contributed by atoms with van der Waals surface area (Å²) in [5, 5.41) is 1.88. The highest BCUT2D eigenvalue weighted by Gasteiger charge is 2.11. The molecule has 0 radical (unpaired) electrons. The Balaban J connectivity index is 2.13. The zero-order valence-corrected chi connectivity index (χ0v) is 11.4. The molecule has 1 N–H and O–H groups in total. The third-order valence-corrected chi connectivity index (χ3v) is 3.89. The van der Waals surface area contributed by atoms with E-state index in [-0.39, 0.29) is 0 Å². The molecule has 4 rings (SSSR count). The number of rotatable bonds is 1. The monoisotopic (exact) mass is 278 g/mol. The Morgan fingerprint density at radius 3 is 2.55 bits per heavy atom. The molecule has 20 heavy (non-hydrogen) atoms. The van der Waals surface area contributed by atoms with Crippen LogP contribution in [0.15, 0.2) is 60.8 Å². The first-order valence-electron chi connectivity index (χ1n) is 6.45. The molecule has 2 heterocycles. The van der Waals surface area contributed by atoms with Gasteiger partial charge in [0, 0.05) is 33.2 Å². The molecular formula is C17H11ClN2. The van der Waals surface area contributed by atoms with Crippen LogP contribution in [-0.4, -0.2) is 9.97 Å². The molecule has 0 saturated heterocycles. The number of hydrogen-bond acceptors (Lipinski definition) is 1. The lowest BCUT2D eigenvalue weighted by atomic mass is 10.1. The van der Waals surface area contributed by atoms with Crippen molar-refractivity contribution in [2.75, 3.05) is 0 Å². The van der Waals surface area contributed by atoms with Gasteiger partial charge in [0.25, 0.3) is 0 Å². The summed E-state index contributed by atoms with van der Waals surface area (Å²) >= 11 is 6.32. The van der Waals surface area contributed by atoms with Crippen LogP contribution in [-0.2, 0) is 0 Å². The number of aromatic nitrogens is 2. The minimum absolute atomic E-state index is 0.749. The van der Waals surface area contributed by atoms with E-state index in [9.17, 15) is 0 Å². The third kappa shape index (κ3) is 1.62. The summed E-state index contributed by atoms with van der Waals surface area (Å²) in [6.45, 7) is 0. The molecule has 0 spiro atoms. The average Bonchev–Trinajstić information content (AvgIpc) is 2.86. The first-order chi connectivity index (χ1) is 9.84. The largest absolute Gasteiger partial charge is 0.353 e. The van der Waals surface area contributed by atoms with Crippen LogP contribution in [0.5, 0.6) is 0 Å². The van der Waals surface area contributed by atoms with Gasteiger partial charge in [0.05, 0.1) is 11.0 Å². The minimum Gasteiger partial charge on any atom is -0.353 e. The van der Waals surface area contributed by atoms with Crippen LogP contribution in [0.4, 0.5) is 0 Å². The van der Waals surface area contributed by atoms with Gasteiger partial charge in [-0.1, -0.05) is 48.0 Å². The van der Waals surface area contributed by atoms with Crippen molar-refractivity contribution in [3.8, 4) is 11.1 Å². The topological polar surface area (TPSA) is 28.7 Å². The Bertz CT molecular complexity index is 924. The number of H-pyrrole nitrogens is 1. The minimum atomic E-state index is 0.749. The van der Waals surface area contributed by atoms with E-state index in [1.807, 2.05) is 48.7 Å². The molecule has 0 aliphatic heterocycles. The van der Waals surface area contributed by atoms with Gasteiger partial charge in [0.1, 0.15) is 0 Å². The predicted octanol–water partition coefficient (Wildman–Crippen LogP) is 5.04. The predicted molar refractivity (Wildman–Crippen MR) is 84.0 cm³/mol. The SMILES string of the molecule is Clc1ccccc1-c1ccnc2c1[nH]c1ccccc12. The van der Waals surface area contributed by atoms with Crippen molar-refractivity contribution in [3.63, 3.8) is 0 Å². The van der Waals surface area contributed by atoms with Gasteiger partial charge in [-0.15, -0.1) is 0 Å². The van der Waals surface area contributed by atoms with Crippen molar-refractivity contribution in [3.05, 3.63) is 65.8 Å². The standard InChI is InChI=1S/C17H11ClN2/c18-14-7-3-1-5-11(14)12-9-10-19-16-13-6-2-4-8-15(13)20-17(12)16/h1-10,20H. The molecule has 4 aromatic rings. The van der Waals surface area contributed by atoms with Gasteiger partial charge < -0.3 is 4.98 Å². The van der Waals surface area contributed by atoms with E-state index in [2.05, 4.69) is 22.1 Å². The zero-order chi connectivity index (χ0) is 13.5. The first kappa shape index (κ1) is 11.5. The normalized spacial score (nSPS) is 11.2. The number of pyridine rings is 1. The molecule has 0 amide bonds. The molecule has 0 saturated carbocycles. The molecular weight excluding hydrogens is 268 g/mol. The summed E-state index contributed by atoms with van der Waals surface area (Å²) in [7, 11) is 0. The Kier molecular flexibility index (Phi) is 2.51. The highest BCUT2D eigenvalue weighted by molar-refractivity contribution is 6.33. The summed E-state index contributed by atoms with van der Waals surface area (Å²) in [6, 6.07) is 18.1. The van der Waals surface area contributed by atoms with Gasteiger partial charge in [0.15, 0.2) is 0 Å². The third-order valence-electron chi connectivity index (χ3n) is 3.56. The smallest absolute Gasteiger partial charge is 0.0963 e. The quantitative estimate of drug-likeness (QED) is 0.519. The second-order valence-electron chi connectivity index (χ2n) is 4.73. The molecule has 0 aliphatic carbocycles. The molecule has 0 fully saturated rings. The fraction of sp³-hybridized carbons (Fsp3) is 0. The van der Waals surface area contributed by atoms with E-state index in [0.717, 1.165) is 38.1 Å². The van der Waals surface area contributed by atoms with E-state index < -0.39 is 0 Å². The molecule has 0 aliphatic rings. The van der Waals surface area contributed by atoms with Gasteiger partial charge in [0.2, 0.25) is 0 Å². The maximum atomic E-state index is 6.32. The maximum Gasteiger partial charge on any atom is 0.0963 e. The molecule has 3 heteroatoms. The van der Waals surface area contributed by atoms with Crippen LogP contribution in [0, 0.1) is 0 Å². The number of aromatic amines is 1. The number of benzene rings is 2. The summed E-state index contributed by atoms with van der Waals surface area (Å²) in [6.07, 6.45) is 1.83. The Morgan fingerprint density at radius 1 is 0.850 bits per heavy atom. The molecule has 96 valence electrons. The van der Waals surface area contributed by atoms with Gasteiger partial charge in [-0.2, -0.15) is 0 Å². The second-order valence-corrected chi connectivity index (χ2v) is 5.14. The van der Waals surface area contributed by atoms with Crippen LogP contribution < -0.4 is 0 Å². The fourth-order valence-corrected chi connectivity index (χ4v) is 2.87. The van der Waals surface area contributed by atoms with Gasteiger partial charge in [-0.3, -0.25) is 4.98 Å². The van der Waals surface area contributed by atoms with Crippen molar-refractivity contribution >= 4 is 33.5 Å². The lowest BCUT2D eigenvalue weighted by molar-refractivity contribution is 1.41. The Hall–Kier alpha value is -2.32. The van der Waals surface area contributed by atoms with E-state index in [0.29, 0.717) is 0 Å². The number of hydrogen-bond donors (Lipinski definition) is 1. The van der Waals surface area contributed by atoms with E-state index >= 15 is 0 Å². The van der Waals surface area contributed by atoms with Gasteiger partial charge in [-0.25, -0.2) is 0 Å². The van der Waals surface area contributed by atoms with Crippen molar-refractivity contribution in [1.82, 2.24) is 9.97 Å². The number of fused-ring (bicyclic) bond motifs is 3. The maximum absolute atomic E-state index is 6.32. The summed E-state index contributed by atoms with van der Waals surface area (Å²) in [5.41, 5.74) is 5.21. The molecule has 2 aromatic carbocycles. The van der Waals surface area contributed by atoms with Crippen molar-refractivity contribution < 1.29 is 0 Å². The summed E-state index contributed by atoms with van der Waals surface area (Å²) in [5.74, 6) is 0. The van der Waals surface area contributed by atoms with Gasteiger partial charge in [-0.05, 0) is 18.2 Å². The molecule has 2 aromatic heterocycles. The van der Waals surface area contributed by atoms with Crippen LogP contribution in [0.1, 0.15) is 0 Å². The highest BCUT2D eigenvalue weighted by atomic mass is 35.5. The second kappa shape index (κ2) is 4.36. The number of nitrogens with one attached hydrogen (secondary N) is 1. The lowest BCUT2D eigenvalue weighted by Gasteiger charge is -2.05. The molecule has 0 atom stereocenters. The van der Waals surface area contributed by atoms with Crippen LogP contribution in [0.3, 0.4) is 0 Å². The van der Waals surface area contributed by atoms with Crippen molar-refractivity contribution in [2.45, 2.75) is 0 Å². The van der Waals surface area contributed by atoms with Crippen LogP contribution in [0.25, 0.3) is 33.1 Å². The zero-order valence-electron chi connectivity index (χ0n) is 10.6. The number of nitrogens with zero attached hydrogens (tertiary/aromatic N) is 1. The highest BCUT2D eigenvalue weighted by Crippen LogP contribution is 2.34. The van der Waals surface area contributed by atoms with Crippen LogP contribution in [0.2, 0.25) is 5.02 Å². The van der Waals surface area contributed by atoms with Crippen molar-refractivity contribution in [1.29, 1.82) is 0 Å². The fourth-order valence-electron chi connectivity index (χ4n) is 2.63. The lowest BCUT2D eigenvalue weighted by Crippen LogP contribution is -1.83. The van der Waals surface area contributed by atoms with E-state index in [1.54, 1.807) is 0 Å². The first-order valence-corrected chi connectivity index (χ1v) is 6.83. The number of para-hydroxylation sites is 1. The average molecular weight is 279 g/mol. The van der Waals surface area contributed by atoms with Crippen molar-refractivity contribution in [2.24, 2.45) is 0 Å². The van der Waals surface area contributed by atoms with Gasteiger partial charge >= 0.3 is 0 Å². The van der Waals surface area contributed by atoms with E-state index in [1.165, 1.54) is 0 Å². The van der Waals surface area contributed by atoms with E-state index in [4.69, 9.17) is 11.6 Å². The summed E-state index contributed by atoms with van der Waals surface area (Å²) in [4.78, 5) is 7.96. The number of halogens is 1.